The minimum Gasteiger partial charge on any atom is -0.375 e. The summed E-state index contributed by atoms with van der Waals surface area (Å²) in [4.78, 5) is 8.70. The molecule has 0 saturated heterocycles. The summed E-state index contributed by atoms with van der Waals surface area (Å²) < 4.78 is 2.27. The first kappa shape index (κ1) is 10.9. The molecule has 4 aromatic rings. The van der Waals surface area contributed by atoms with Crippen LogP contribution in [-0.2, 0) is 0 Å². The highest BCUT2D eigenvalue weighted by molar-refractivity contribution is 7.22. The van der Waals surface area contributed by atoms with Crippen molar-refractivity contribution in [1.29, 1.82) is 0 Å². The molecule has 2 aromatic heterocycles. The van der Waals surface area contributed by atoms with E-state index < -0.39 is 0 Å². The molecule has 0 bridgehead atoms. The number of thiazole rings is 2. The first-order chi connectivity index (χ1) is 9.31. The van der Waals surface area contributed by atoms with Gasteiger partial charge in [0.1, 0.15) is 0 Å². The summed E-state index contributed by atoms with van der Waals surface area (Å²) >= 11 is 3.14. The van der Waals surface area contributed by atoms with Crippen molar-refractivity contribution in [3.63, 3.8) is 0 Å². The number of anilines is 1. The van der Waals surface area contributed by atoms with Gasteiger partial charge in [0, 0.05) is 5.56 Å². The first-order valence-corrected chi connectivity index (χ1v) is 7.41. The Bertz CT molecular complexity index is 892. The average Bonchev–Trinajstić information content (AvgIpc) is 3.01. The van der Waals surface area contributed by atoms with Gasteiger partial charge in [0.25, 0.3) is 0 Å². The third kappa shape index (κ3) is 1.70. The fourth-order valence-corrected chi connectivity index (χ4v) is 3.60. The lowest BCUT2D eigenvalue weighted by Gasteiger charge is -2.02. The first-order valence-electron chi connectivity index (χ1n) is 5.71. The zero-order chi connectivity index (χ0) is 12.8. The van der Waals surface area contributed by atoms with Crippen LogP contribution in [0.3, 0.4) is 0 Å². The second kappa shape index (κ2) is 4.01. The number of fused-ring (bicyclic) bond motifs is 2. The third-order valence-electron chi connectivity index (χ3n) is 2.99. The van der Waals surface area contributed by atoms with Crippen molar-refractivity contribution in [2.24, 2.45) is 0 Å². The smallest absolute Gasteiger partial charge is 0.181 e. The standard InChI is InChI=1S/C14H8N3S2/c15-14-17-13-9(2-1-3-11(13)19-14)8-4-5-10-12(6-8)18-7-16-10/h1,3-7H,(H2,15,17). The number of benzene rings is 2. The largest absolute Gasteiger partial charge is 0.375 e. The van der Waals surface area contributed by atoms with Crippen molar-refractivity contribution in [2.75, 3.05) is 5.73 Å². The van der Waals surface area contributed by atoms with Crippen LogP contribution < -0.4 is 5.73 Å². The maximum absolute atomic E-state index is 5.80. The van der Waals surface area contributed by atoms with Crippen LogP contribution in [0.25, 0.3) is 31.6 Å². The monoisotopic (exact) mass is 282 g/mol. The highest BCUT2D eigenvalue weighted by atomic mass is 32.1. The van der Waals surface area contributed by atoms with E-state index in [9.17, 15) is 0 Å². The van der Waals surface area contributed by atoms with Gasteiger partial charge in [-0.3, -0.25) is 0 Å². The predicted octanol–water partition coefficient (Wildman–Crippen LogP) is 3.96. The van der Waals surface area contributed by atoms with Gasteiger partial charge in [-0.05, 0) is 29.8 Å². The summed E-state index contributed by atoms with van der Waals surface area (Å²) in [7, 11) is 0. The Labute approximate surface area is 117 Å². The molecule has 2 aromatic carbocycles. The summed E-state index contributed by atoms with van der Waals surface area (Å²) in [6, 6.07) is 13.4. The maximum atomic E-state index is 5.80. The van der Waals surface area contributed by atoms with Crippen LogP contribution in [0.4, 0.5) is 5.13 Å². The molecule has 1 radical (unpaired) electrons. The Balaban J connectivity index is 2.02. The van der Waals surface area contributed by atoms with Gasteiger partial charge in [-0.1, -0.05) is 23.5 Å². The fourth-order valence-electron chi connectivity index (χ4n) is 2.14. The summed E-state index contributed by atoms with van der Waals surface area (Å²) in [5.41, 5.74) is 11.7. The van der Waals surface area contributed by atoms with Gasteiger partial charge in [-0.15, -0.1) is 11.3 Å². The number of nitrogens with zero attached hydrogens (tertiary/aromatic N) is 2. The number of rotatable bonds is 1. The van der Waals surface area contributed by atoms with Crippen LogP contribution >= 0.6 is 22.7 Å². The van der Waals surface area contributed by atoms with E-state index in [1.807, 2.05) is 23.7 Å². The van der Waals surface area contributed by atoms with Crippen LogP contribution in [0.15, 0.2) is 35.8 Å². The molecule has 0 spiro atoms. The Morgan fingerprint density at radius 1 is 1.16 bits per heavy atom. The number of nitrogen functional groups attached to an aromatic ring is 1. The molecular formula is C14H8N3S2. The summed E-state index contributed by atoms with van der Waals surface area (Å²) in [6.07, 6.45) is 0. The predicted molar refractivity (Wildman–Crippen MR) is 81.5 cm³/mol. The summed E-state index contributed by atoms with van der Waals surface area (Å²) in [6.45, 7) is 0. The molecule has 4 rings (SSSR count). The molecular weight excluding hydrogens is 274 g/mol. The number of nitrogens with two attached hydrogens (primary N) is 1. The molecule has 0 fully saturated rings. The minimum atomic E-state index is 0.592. The van der Waals surface area contributed by atoms with E-state index in [0.29, 0.717) is 5.13 Å². The quantitative estimate of drug-likeness (QED) is 0.575. The Morgan fingerprint density at radius 3 is 3.05 bits per heavy atom. The van der Waals surface area contributed by atoms with Crippen molar-refractivity contribution in [1.82, 2.24) is 9.97 Å². The SMILES string of the molecule is Nc1nc2c(-c3ccc4ncsc4c3)[c]ccc2s1. The van der Waals surface area contributed by atoms with E-state index in [-0.39, 0.29) is 0 Å². The van der Waals surface area contributed by atoms with Crippen molar-refractivity contribution in [3.8, 4) is 11.1 Å². The van der Waals surface area contributed by atoms with E-state index in [4.69, 9.17) is 5.73 Å². The fraction of sp³-hybridized carbons (Fsp3) is 0. The van der Waals surface area contributed by atoms with Crippen molar-refractivity contribution in [3.05, 3.63) is 41.9 Å². The second-order valence-electron chi connectivity index (χ2n) is 4.15. The number of hydrogen-bond acceptors (Lipinski definition) is 5. The summed E-state index contributed by atoms with van der Waals surface area (Å²) in [5.74, 6) is 0. The lowest BCUT2D eigenvalue weighted by atomic mass is 10.0. The lowest BCUT2D eigenvalue weighted by molar-refractivity contribution is 1.48. The van der Waals surface area contributed by atoms with E-state index in [2.05, 4.69) is 28.2 Å². The Morgan fingerprint density at radius 2 is 2.11 bits per heavy atom. The van der Waals surface area contributed by atoms with Gasteiger partial charge in [-0.2, -0.15) is 0 Å². The van der Waals surface area contributed by atoms with E-state index in [1.165, 1.54) is 16.0 Å². The third-order valence-corrected chi connectivity index (χ3v) is 4.63. The van der Waals surface area contributed by atoms with Crippen LogP contribution in [0.2, 0.25) is 0 Å². The van der Waals surface area contributed by atoms with E-state index >= 15 is 0 Å². The van der Waals surface area contributed by atoms with Crippen LogP contribution in [-0.4, -0.2) is 9.97 Å². The molecule has 0 atom stereocenters. The maximum Gasteiger partial charge on any atom is 0.181 e. The van der Waals surface area contributed by atoms with Crippen molar-refractivity contribution in [2.45, 2.75) is 0 Å². The molecule has 19 heavy (non-hydrogen) atoms. The number of hydrogen-bond donors (Lipinski definition) is 1. The topological polar surface area (TPSA) is 51.8 Å². The molecule has 0 aliphatic heterocycles. The zero-order valence-corrected chi connectivity index (χ0v) is 11.4. The van der Waals surface area contributed by atoms with Crippen LogP contribution in [0.5, 0.6) is 0 Å². The van der Waals surface area contributed by atoms with Gasteiger partial charge in [-0.25, -0.2) is 9.97 Å². The Hall–Kier alpha value is -1.98. The van der Waals surface area contributed by atoms with Gasteiger partial charge in [0.05, 0.1) is 25.9 Å². The molecule has 2 N–H and O–H groups in total. The second-order valence-corrected chi connectivity index (χ2v) is 6.10. The van der Waals surface area contributed by atoms with Crippen LogP contribution in [0.1, 0.15) is 0 Å². The molecule has 91 valence electrons. The van der Waals surface area contributed by atoms with E-state index in [0.717, 1.165) is 26.9 Å². The van der Waals surface area contributed by atoms with Crippen molar-refractivity contribution < 1.29 is 0 Å². The highest BCUT2D eigenvalue weighted by Gasteiger charge is 2.09. The summed E-state index contributed by atoms with van der Waals surface area (Å²) in [5, 5.41) is 0.592. The van der Waals surface area contributed by atoms with Gasteiger partial charge < -0.3 is 5.73 Å². The number of aromatic nitrogens is 2. The van der Waals surface area contributed by atoms with Gasteiger partial charge in [0.2, 0.25) is 0 Å². The lowest BCUT2D eigenvalue weighted by Crippen LogP contribution is -1.83. The molecule has 5 heteroatoms. The molecule has 3 nitrogen and oxygen atoms in total. The normalized spacial score (nSPS) is 11.4. The van der Waals surface area contributed by atoms with Crippen molar-refractivity contribution >= 4 is 48.2 Å². The molecule has 0 aliphatic rings. The molecule has 0 amide bonds. The average molecular weight is 282 g/mol. The Kier molecular flexibility index (Phi) is 2.30. The highest BCUT2D eigenvalue weighted by Crippen LogP contribution is 2.33. The van der Waals surface area contributed by atoms with E-state index in [1.54, 1.807) is 11.3 Å². The van der Waals surface area contributed by atoms with Crippen LogP contribution in [0, 0.1) is 6.07 Å². The molecule has 0 unspecified atom stereocenters. The van der Waals surface area contributed by atoms with Gasteiger partial charge in [0.15, 0.2) is 5.13 Å². The zero-order valence-electron chi connectivity index (χ0n) is 9.75. The van der Waals surface area contributed by atoms with Gasteiger partial charge >= 0.3 is 0 Å². The molecule has 0 saturated carbocycles. The molecule has 0 aliphatic carbocycles. The minimum absolute atomic E-state index is 0.592. The molecule has 2 heterocycles.